The fourth-order valence-corrected chi connectivity index (χ4v) is 6.72. The van der Waals surface area contributed by atoms with E-state index in [2.05, 4.69) is 55.7 Å². The number of carbonyl (C=O) groups excluding carboxylic acids is 2. The Morgan fingerprint density at radius 3 is 2.44 bits per heavy atom. The van der Waals surface area contributed by atoms with Crippen molar-refractivity contribution in [2.24, 2.45) is 11.8 Å². The molecule has 2 aromatic carbocycles. The number of nitrogens with zero attached hydrogens (tertiary/aromatic N) is 1. The van der Waals surface area contributed by atoms with Gasteiger partial charge in [0.15, 0.2) is 0 Å². The van der Waals surface area contributed by atoms with Gasteiger partial charge in [-0.2, -0.15) is 0 Å². The van der Waals surface area contributed by atoms with E-state index in [1.807, 2.05) is 18.2 Å². The first-order valence-corrected chi connectivity index (χ1v) is 15.2. The number of nitrogens with one attached hydrogen (secondary N) is 2. The summed E-state index contributed by atoms with van der Waals surface area (Å²) in [6, 6.07) is 12.9. The summed E-state index contributed by atoms with van der Waals surface area (Å²) < 4.78 is 15.0. The summed E-state index contributed by atoms with van der Waals surface area (Å²) in [6.07, 6.45) is 13.5. The van der Waals surface area contributed by atoms with Crippen LogP contribution in [0.4, 0.5) is 10.1 Å². The molecule has 2 aliphatic carbocycles. The molecule has 5 nitrogen and oxygen atoms in total. The Hall–Kier alpha value is -3.41. The number of hydrogen-bond acceptors (Lipinski definition) is 3. The third-order valence-electron chi connectivity index (χ3n) is 9.01. The number of halogens is 1. The van der Waals surface area contributed by atoms with Gasteiger partial charge in [-0.1, -0.05) is 70.0 Å². The highest BCUT2D eigenvalue weighted by atomic mass is 19.1. The Kier molecular flexibility index (Phi) is 8.67. The van der Waals surface area contributed by atoms with Crippen LogP contribution < -0.4 is 10.6 Å². The van der Waals surface area contributed by atoms with Gasteiger partial charge in [0.1, 0.15) is 5.82 Å². The molecule has 0 bridgehead atoms. The molecule has 0 aromatic heterocycles. The van der Waals surface area contributed by atoms with Crippen molar-refractivity contribution < 1.29 is 14.0 Å². The number of piperidine rings is 1. The Morgan fingerprint density at radius 1 is 1.00 bits per heavy atom. The topological polar surface area (TPSA) is 61.4 Å². The zero-order valence-electron chi connectivity index (χ0n) is 24.9. The van der Waals surface area contributed by atoms with Gasteiger partial charge < -0.3 is 15.5 Å². The molecule has 2 fully saturated rings. The van der Waals surface area contributed by atoms with Gasteiger partial charge in [-0.25, -0.2) is 4.39 Å². The van der Waals surface area contributed by atoms with E-state index in [0.29, 0.717) is 31.0 Å². The maximum atomic E-state index is 15.0. The second kappa shape index (κ2) is 12.2. The molecule has 6 heteroatoms. The number of benzene rings is 2. The minimum absolute atomic E-state index is 0.0432. The van der Waals surface area contributed by atoms with Crippen LogP contribution in [0.2, 0.25) is 0 Å². The molecule has 1 heterocycles. The van der Waals surface area contributed by atoms with Gasteiger partial charge >= 0.3 is 0 Å². The average Bonchev–Trinajstić information content (AvgIpc) is 3.46. The van der Waals surface area contributed by atoms with E-state index in [-0.39, 0.29) is 34.8 Å². The molecule has 2 amide bonds. The molecule has 1 aliphatic heterocycles. The second-order valence-electron chi connectivity index (χ2n) is 13.0. The molecule has 3 atom stereocenters. The first-order chi connectivity index (χ1) is 19.6. The summed E-state index contributed by atoms with van der Waals surface area (Å²) >= 11 is 0. The zero-order chi connectivity index (χ0) is 29.1. The minimum Gasteiger partial charge on any atom is -0.383 e. The summed E-state index contributed by atoms with van der Waals surface area (Å²) in [4.78, 5) is 29.7. The predicted molar refractivity (Wildman–Crippen MR) is 163 cm³/mol. The summed E-state index contributed by atoms with van der Waals surface area (Å²) in [5.41, 5.74) is 3.70. The molecular formula is C35H44FN3O2. The quantitative estimate of drug-likeness (QED) is 0.392. The molecule has 0 radical (unpaired) electrons. The molecule has 0 spiro atoms. The van der Waals surface area contributed by atoms with E-state index in [1.165, 1.54) is 31.7 Å². The number of aryl methyl sites for hydroxylation is 1. The molecule has 3 aliphatic rings. The summed E-state index contributed by atoms with van der Waals surface area (Å²) in [7, 11) is 0. The zero-order valence-corrected chi connectivity index (χ0v) is 24.9. The molecule has 41 heavy (non-hydrogen) atoms. The van der Waals surface area contributed by atoms with Crippen molar-refractivity contribution in [1.82, 2.24) is 10.2 Å². The maximum Gasteiger partial charge on any atom is 0.257 e. The molecule has 2 aromatic rings. The van der Waals surface area contributed by atoms with Crippen LogP contribution in [0, 0.1) is 24.6 Å². The monoisotopic (exact) mass is 557 g/mol. The highest BCUT2D eigenvalue weighted by molar-refractivity contribution is 5.98. The standard InChI is InChI=1S/C35H44FN3O2/c1-23-10-7-16-30(36)31(23)34(41)39-21-9-15-29(33(40)38-28-14-8-11-25(22-28)35(2,3)4)32(39)24-17-19-27(20-18-24)37-26-12-5-6-13-26/h7-8,10-11,14,16-17,19-20,22,24,26,29,32,37H,5-6,9,12-13,15,18,21H2,1-4H3,(H,38,40)/t24-,29?,32?/m1/s1. The van der Waals surface area contributed by atoms with Crippen molar-refractivity contribution in [3.8, 4) is 0 Å². The normalized spacial score (nSPS) is 23.3. The molecular weight excluding hydrogens is 513 g/mol. The van der Waals surface area contributed by atoms with E-state index in [1.54, 1.807) is 24.0 Å². The summed E-state index contributed by atoms with van der Waals surface area (Å²) in [5.74, 6) is -1.38. The molecule has 2 unspecified atom stereocenters. The van der Waals surface area contributed by atoms with Crippen molar-refractivity contribution in [1.29, 1.82) is 0 Å². The van der Waals surface area contributed by atoms with Crippen LogP contribution in [-0.2, 0) is 10.2 Å². The third-order valence-corrected chi connectivity index (χ3v) is 9.01. The number of hydrogen-bond donors (Lipinski definition) is 2. The molecule has 218 valence electrons. The van der Waals surface area contributed by atoms with Crippen molar-refractivity contribution in [2.75, 3.05) is 11.9 Å². The lowest BCUT2D eigenvalue weighted by molar-refractivity contribution is -0.123. The van der Waals surface area contributed by atoms with Crippen molar-refractivity contribution >= 4 is 17.5 Å². The predicted octanol–water partition coefficient (Wildman–Crippen LogP) is 7.28. The lowest BCUT2D eigenvalue weighted by atomic mass is 9.77. The largest absolute Gasteiger partial charge is 0.383 e. The van der Waals surface area contributed by atoms with Crippen molar-refractivity contribution in [2.45, 2.75) is 90.1 Å². The maximum absolute atomic E-state index is 15.0. The van der Waals surface area contributed by atoms with Gasteiger partial charge in [-0.15, -0.1) is 0 Å². The van der Waals surface area contributed by atoms with Crippen LogP contribution in [-0.4, -0.2) is 35.3 Å². The lowest BCUT2D eigenvalue weighted by Gasteiger charge is -2.44. The Morgan fingerprint density at radius 2 is 1.76 bits per heavy atom. The Balaban J connectivity index is 1.42. The summed E-state index contributed by atoms with van der Waals surface area (Å²) in [6.45, 7) is 8.72. The van der Waals surface area contributed by atoms with Crippen molar-refractivity contribution in [3.63, 3.8) is 0 Å². The minimum atomic E-state index is -0.513. The average molecular weight is 558 g/mol. The van der Waals surface area contributed by atoms with Gasteiger partial charge in [-0.05, 0) is 79.8 Å². The van der Waals surface area contributed by atoms with E-state index in [9.17, 15) is 14.0 Å². The van der Waals surface area contributed by atoms with E-state index in [0.717, 1.165) is 23.4 Å². The number of amides is 2. The summed E-state index contributed by atoms with van der Waals surface area (Å²) in [5, 5.41) is 6.83. The number of rotatable bonds is 6. The fourth-order valence-electron chi connectivity index (χ4n) is 6.72. The van der Waals surface area contributed by atoms with Crippen LogP contribution in [0.5, 0.6) is 0 Å². The highest BCUT2D eigenvalue weighted by Crippen LogP contribution is 2.36. The molecule has 2 N–H and O–H groups in total. The van der Waals surface area contributed by atoms with E-state index in [4.69, 9.17) is 0 Å². The Labute approximate surface area is 244 Å². The molecule has 1 saturated heterocycles. The van der Waals surface area contributed by atoms with Crippen LogP contribution in [0.25, 0.3) is 0 Å². The molecule has 1 saturated carbocycles. The van der Waals surface area contributed by atoms with E-state index < -0.39 is 11.7 Å². The number of likely N-dealkylation sites (tertiary alicyclic amines) is 1. The van der Waals surface area contributed by atoms with Crippen molar-refractivity contribution in [3.05, 3.63) is 88.9 Å². The fraction of sp³-hybridized carbons (Fsp3) is 0.486. The highest BCUT2D eigenvalue weighted by Gasteiger charge is 2.43. The lowest BCUT2D eigenvalue weighted by Crippen LogP contribution is -2.55. The van der Waals surface area contributed by atoms with Crippen LogP contribution in [0.3, 0.4) is 0 Å². The molecule has 5 rings (SSSR count). The first kappa shape index (κ1) is 29.1. The second-order valence-corrected chi connectivity index (χ2v) is 13.0. The van der Waals surface area contributed by atoms with Gasteiger partial charge in [0.05, 0.1) is 17.5 Å². The number of carbonyl (C=O) groups is 2. The van der Waals surface area contributed by atoms with Crippen LogP contribution >= 0.6 is 0 Å². The number of allylic oxidation sites excluding steroid dienone is 2. The van der Waals surface area contributed by atoms with Gasteiger partial charge in [0, 0.05) is 29.9 Å². The first-order valence-electron chi connectivity index (χ1n) is 15.2. The Bertz CT molecular complexity index is 1310. The SMILES string of the molecule is Cc1cccc(F)c1C(=O)N1CCCC(C(=O)Nc2cccc(C(C)(C)C)c2)C1[C@@H]1C=CC(NC2CCCC2)=CC1. The van der Waals surface area contributed by atoms with E-state index >= 15 is 0 Å². The van der Waals surface area contributed by atoms with Crippen LogP contribution in [0.15, 0.2) is 66.4 Å². The van der Waals surface area contributed by atoms with Crippen LogP contribution in [0.1, 0.15) is 87.2 Å². The van der Waals surface area contributed by atoms with Gasteiger partial charge in [0.25, 0.3) is 5.91 Å². The van der Waals surface area contributed by atoms with Gasteiger partial charge in [0.2, 0.25) is 5.91 Å². The third kappa shape index (κ3) is 6.58. The number of anilines is 1. The van der Waals surface area contributed by atoms with Gasteiger partial charge in [-0.3, -0.25) is 9.59 Å². The smallest absolute Gasteiger partial charge is 0.257 e.